The lowest BCUT2D eigenvalue weighted by atomic mass is 9.90. The predicted octanol–water partition coefficient (Wildman–Crippen LogP) is 4.54. The van der Waals surface area contributed by atoms with Crippen LogP contribution in [0, 0.1) is 5.92 Å². The quantitative estimate of drug-likeness (QED) is 0.755. The number of Topliss-reactive ketones (excluding diaryl/α,β-unsaturated/α-hetero) is 1. The van der Waals surface area contributed by atoms with E-state index in [4.69, 9.17) is 16.3 Å². The van der Waals surface area contributed by atoms with Crippen molar-refractivity contribution in [2.24, 2.45) is 5.92 Å². The summed E-state index contributed by atoms with van der Waals surface area (Å²) in [6, 6.07) is 12.6. The number of nitrogens with zero attached hydrogens (tertiary/aromatic N) is 1. The molecule has 1 aliphatic rings. The second-order valence-corrected chi connectivity index (χ2v) is 7.12. The monoisotopic (exact) mass is 373 g/mol. The van der Waals surface area contributed by atoms with Gasteiger partial charge in [0.05, 0.1) is 6.61 Å². The summed E-state index contributed by atoms with van der Waals surface area (Å²) >= 11 is 6.02. The molecule has 0 aliphatic carbocycles. The van der Waals surface area contributed by atoms with Gasteiger partial charge in [-0.15, -0.1) is 0 Å². The number of carbonyl (C=O) groups is 1. The molecule has 1 heterocycles. The molecule has 1 N–H and O–H groups in total. The molecule has 1 saturated heterocycles. The highest BCUT2D eigenvalue weighted by Crippen LogP contribution is 2.29. The molecule has 1 atom stereocenters. The van der Waals surface area contributed by atoms with Gasteiger partial charge in [0.2, 0.25) is 0 Å². The third kappa shape index (κ3) is 4.57. The first-order valence-corrected chi connectivity index (χ1v) is 9.41. The maximum atomic E-state index is 12.8. The minimum absolute atomic E-state index is 0.00862. The fourth-order valence-corrected chi connectivity index (χ4v) is 3.67. The molecule has 0 spiro atoms. The molecule has 4 nitrogen and oxygen atoms in total. The van der Waals surface area contributed by atoms with E-state index in [0.717, 1.165) is 38.0 Å². The van der Waals surface area contributed by atoms with Crippen LogP contribution in [-0.2, 0) is 6.54 Å². The SMILES string of the molecule is CCOc1cc(CN2CCCC(C(=O)c3cccc(Cl)c3)C2)ccc1O. The molecule has 1 unspecified atom stereocenters. The molecule has 3 rings (SSSR count). The van der Waals surface area contributed by atoms with Crippen LogP contribution in [0.5, 0.6) is 11.5 Å². The van der Waals surface area contributed by atoms with Crippen molar-refractivity contribution in [1.29, 1.82) is 0 Å². The van der Waals surface area contributed by atoms with Crippen molar-refractivity contribution in [2.45, 2.75) is 26.3 Å². The summed E-state index contributed by atoms with van der Waals surface area (Å²) in [6.07, 6.45) is 1.90. The van der Waals surface area contributed by atoms with Crippen molar-refractivity contribution in [1.82, 2.24) is 4.90 Å². The maximum Gasteiger partial charge on any atom is 0.167 e. The number of piperidine rings is 1. The molecule has 0 radical (unpaired) electrons. The van der Waals surface area contributed by atoms with Gasteiger partial charge in [0.1, 0.15) is 0 Å². The molecule has 0 saturated carbocycles. The van der Waals surface area contributed by atoms with Crippen molar-refractivity contribution in [3.8, 4) is 11.5 Å². The Labute approximate surface area is 159 Å². The molecule has 5 heteroatoms. The molecule has 26 heavy (non-hydrogen) atoms. The van der Waals surface area contributed by atoms with E-state index in [1.807, 2.05) is 31.2 Å². The fourth-order valence-electron chi connectivity index (χ4n) is 3.48. The van der Waals surface area contributed by atoms with Gasteiger partial charge in [-0.25, -0.2) is 0 Å². The molecule has 1 fully saturated rings. The first kappa shape index (κ1) is 18.7. The number of hydrogen-bond acceptors (Lipinski definition) is 4. The zero-order valence-corrected chi connectivity index (χ0v) is 15.7. The minimum atomic E-state index is -0.00862. The fraction of sp³-hybridized carbons (Fsp3) is 0.381. The van der Waals surface area contributed by atoms with Gasteiger partial charge in [-0.2, -0.15) is 0 Å². The molecule has 138 valence electrons. The van der Waals surface area contributed by atoms with Crippen LogP contribution in [0.4, 0.5) is 0 Å². The van der Waals surface area contributed by atoms with Crippen molar-refractivity contribution < 1.29 is 14.6 Å². The first-order chi connectivity index (χ1) is 12.6. The summed E-state index contributed by atoms with van der Waals surface area (Å²) in [7, 11) is 0. The number of benzene rings is 2. The Morgan fingerprint density at radius 1 is 1.31 bits per heavy atom. The van der Waals surface area contributed by atoms with Crippen molar-refractivity contribution >= 4 is 17.4 Å². The number of halogens is 1. The van der Waals surface area contributed by atoms with E-state index >= 15 is 0 Å². The third-order valence-corrected chi connectivity index (χ3v) is 4.95. The van der Waals surface area contributed by atoms with Gasteiger partial charge in [-0.3, -0.25) is 9.69 Å². The zero-order chi connectivity index (χ0) is 18.5. The van der Waals surface area contributed by atoms with Crippen LogP contribution in [-0.4, -0.2) is 35.5 Å². The smallest absolute Gasteiger partial charge is 0.167 e. The molecule has 0 bridgehead atoms. The molecule has 1 aliphatic heterocycles. The molecule has 2 aromatic rings. The number of phenols is 1. The van der Waals surface area contributed by atoms with Crippen LogP contribution in [0.15, 0.2) is 42.5 Å². The lowest BCUT2D eigenvalue weighted by molar-refractivity contribution is 0.0811. The van der Waals surface area contributed by atoms with E-state index in [1.165, 1.54) is 0 Å². The Hall–Kier alpha value is -2.04. The van der Waals surface area contributed by atoms with Gasteiger partial charge in [0, 0.05) is 29.6 Å². The van der Waals surface area contributed by atoms with Crippen LogP contribution < -0.4 is 4.74 Å². The lowest BCUT2D eigenvalue weighted by Gasteiger charge is -2.32. The van der Waals surface area contributed by atoms with Crippen LogP contribution >= 0.6 is 11.6 Å². The normalized spacial score (nSPS) is 17.8. The third-order valence-electron chi connectivity index (χ3n) is 4.72. The number of ketones is 1. The van der Waals surface area contributed by atoms with Crippen molar-refractivity contribution in [3.63, 3.8) is 0 Å². The molecular formula is C21H24ClNO3. The Morgan fingerprint density at radius 2 is 2.15 bits per heavy atom. The zero-order valence-electron chi connectivity index (χ0n) is 15.0. The Kier molecular flexibility index (Phi) is 6.17. The summed E-state index contributed by atoms with van der Waals surface area (Å²) < 4.78 is 5.46. The molecular weight excluding hydrogens is 350 g/mol. The Balaban J connectivity index is 1.67. The topological polar surface area (TPSA) is 49.8 Å². The Bertz CT molecular complexity index is 778. The number of phenolic OH excluding ortho intramolecular Hbond substituents is 1. The Morgan fingerprint density at radius 3 is 2.92 bits per heavy atom. The predicted molar refractivity (Wildman–Crippen MR) is 103 cm³/mol. The van der Waals surface area contributed by atoms with Gasteiger partial charge < -0.3 is 9.84 Å². The summed E-state index contributed by atoms with van der Waals surface area (Å²) in [4.78, 5) is 15.1. The largest absolute Gasteiger partial charge is 0.504 e. The van der Waals surface area contributed by atoms with Crippen LogP contribution in [0.2, 0.25) is 5.02 Å². The van der Waals surface area contributed by atoms with Gasteiger partial charge >= 0.3 is 0 Å². The molecule has 0 amide bonds. The number of aromatic hydroxyl groups is 1. The van der Waals surface area contributed by atoms with E-state index in [2.05, 4.69) is 4.90 Å². The molecule has 2 aromatic carbocycles. The average molecular weight is 374 g/mol. The average Bonchev–Trinajstić information content (AvgIpc) is 2.64. The minimum Gasteiger partial charge on any atom is -0.504 e. The van der Waals surface area contributed by atoms with E-state index < -0.39 is 0 Å². The summed E-state index contributed by atoms with van der Waals surface area (Å²) in [5.41, 5.74) is 1.76. The lowest BCUT2D eigenvalue weighted by Crippen LogP contribution is -2.38. The van der Waals surface area contributed by atoms with Crippen LogP contribution in [0.1, 0.15) is 35.7 Å². The number of likely N-dealkylation sites (tertiary alicyclic amines) is 1. The summed E-state index contributed by atoms with van der Waals surface area (Å²) in [5, 5.41) is 10.4. The summed E-state index contributed by atoms with van der Waals surface area (Å²) in [5.74, 6) is 0.820. The van der Waals surface area contributed by atoms with E-state index in [1.54, 1.807) is 18.2 Å². The second kappa shape index (κ2) is 8.56. The van der Waals surface area contributed by atoms with Crippen LogP contribution in [0.25, 0.3) is 0 Å². The number of carbonyl (C=O) groups excluding carboxylic acids is 1. The van der Waals surface area contributed by atoms with Crippen molar-refractivity contribution in [3.05, 3.63) is 58.6 Å². The first-order valence-electron chi connectivity index (χ1n) is 9.03. The number of rotatable bonds is 6. The highest BCUT2D eigenvalue weighted by molar-refractivity contribution is 6.31. The maximum absolute atomic E-state index is 12.8. The second-order valence-electron chi connectivity index (χ2n) is 6.68. The van der Waals surface area contributed by atoms with Gasteiger partial charge in [-0.1, -0.05) is 29.8 Å². The van der Waals surface area contributed by atoms with Gasteiger partial charge in [0.25, 0.3) is 0 Å². The van der Waals surface area contributed by atoms with Crippen molar-refractivity contribution in [2.75, 3.05) is 19.7 Å². The standard InChI is InChI=1S/C21H24ClNO3/c1-2-26-20-11-15(8-9-19(20)24)13-23-10-4-6-17(14-23)21(25)16-5-3-7-18(22)12-16/h3,5,7-9,11-12,17,24H,2,4,6,10,13-14H2,1H3. The van der Waals surface area contributed by atoms with Gasteiger partial charge in [0.15, 0.2) is 17.3 Å². The van der Waals surface area contributed by atoms with E-state index in [0.29, 0.717) is 22.9 Å². The number of ether oxygens (including phenoxy) is 1. The molecule has 0 aromatic heterocycles. The number of hydrogen-bond donors (Lipinski definition) is 1. The van der Waals surface area contributed by atoms with Gasteiger partial charge in [-0.05, 0) is 56.1 Å². The summed E-state index contributed by atoms with van der Waals surface area (Å²) in [6.45, 7) is 4.83. The highest BCUT2D eigenvalue weighted by Gasteiger charge is 2.26. The highest BCUT2D eigenvalue weighted by atomic mass is 35.5. The van der Waals surface area contributed by atoms with Crippen LogP contribution in [0.3, 0.4) is 0 Å². The van der Waals surface area contributed by atoms with E-state index in [-0.39, 0.29) is 17.5 Å². The van der Waals surface area contributed by atoms with E-state index in [9.17, 15) is 9.90 Å².